The van der Waals surface area contributed by atoms with Crippen LogP contribution >= 0.6 is 23.2 Å². The lowest BCUT2D eigenvalue weighted by Gasteiger charge is -2.06. The minimum Gasteiger partial charge on any atom is -0.497 e. The fourth-order valence-corrected chi connectivity index (χ4v) is 2.76. The van der Waals surface area contributed by atoms with Gasteiger partial charge in [-0.25, -0.2) is 0 Å². The normalized spacial score (nSPS) is 11.2. The van der Waals surface area contributed by atoms with E-state index in [1.165, 1.54) is 0 Å². The summed E-state index contributed by atoms with van der Waals surface area (Å²) in [4.78, 5) is 0. The first kappa shape index (κ1) is 15.0. The summed E-state index contributed by atoms with van der Waals surface area (Å²) >= 11 is 12.4. The first-order valence-corrected chi connectivity index (χ1v) is 7.63. The quantitative estimate of drug-likeness (QED) is 0.511. The summed E-state index contributed by atoms with van der Waals surface area (Å²) in [7, 11) is 1.66. The summed E-state index contributed by atoms with van der Waals surface area (Å²) in [5.41, 5.74) is 2.21. The van der Waals surface area contributed by atoms with E-state index in [1.54, 1.807) is 7.11 Å². The predicted octanol–water partition coefficient (Wildman–Crippen LogP) is 6.33. The number of benzene rings is 3. The van der Waals surface area contributed by atoms with Gasteiger partial charge in [0.15, 0.2) is 0 Å². The maximum absolute atomic E-state index is 6.28. The van der Waals surface area contributed by atoms with Crippen molar-refractivity contribution >= 4 is 46.1 Å². The molecular formula is C19H14Cl2O. The second-order valence-electron chi connectivity index (χ2n) is 4.91. The highest BCUT2D eigenvalue weighted by Gasteiger charge is 2.05. The van der Waals surface area contributed by atoms with E-state index in [1.807, 2.05) is 48.5 Å². The molecule has 3 heteroatoms. The number of ether oxygens (including phenoxy) is 1. The maximum Gasteiger partial charge on any atom is 0.118 e. The zero-order valence-electron chi connectivity index (χ0n) is 12.0. The number of halogens is 2. The molecule has 0 aromatic heterocycles. The molecule has 0 spiro atoms. The van der Waals surface area contributed by atoms with Gasteiger partial charge in [-0.2, -0.15) is 0 Å². The molecule has 0 atom stereocenters. The van der Waals surface area contributed by atoms with E-state index in [-0.39, 0.29) is 0 Å². The van der Waals surface area contributed by atoms with Gasteiger partial charge in [-0.05, 0) is 34.7 Å². The average Bonchev–Trinajstić information content (AvgIpc) is 2.57. The highest BCUT2D eigenvalue weighted by Crippen LogP contribution is 2.32. The number of fused-ring (bicyclic) bond motifs is 1. The molecule has 0 amide bonds. The van der Waals surface area contributed by atoms with Crippen LogP contribution in [0.4, 0.5) is 0 Å². The van der Waals surface area contributed by atoms with Crippen molar-refractivity contribution in [2.75, 3.05) is 7.11 Å². The molecule has 0 saturated carbocycles. The third-order valence-electron chi connectivity index (χ3n) is 3.55. The van der Waals surface area contributed by atoms with E-state index in [0.29, 0.717) is 10.0 Å². The molecule has 0 unspecified atom stereocenters. The summed E-state index contributed by atoms with van der Waals surface area (Å²) in [5, 5.41) is 3.22. The molecule has 110 valence electrons. The molecule has 0 heterocycles. The van der Waals surface area contributed by atoms with Crippen molar-refractivity contribution in [1.29, 1.82) is 0 Å². The molecule has 0 aliphatic carbocycles. The Kier molecular flexibility index (Phi) is 4.37. The first-order chi connectivity index (χ1) is 10.7. The van der Waals surface area contributed by atoms with Gasteiger partial charge in [-0.1, -0.05) is 71.8 Å². The van der Waals surface area contributed by atoms with Crippen molar-refractivity contribution in [3.63, 3.8) is 0 Å². The Labute approximate surface area is 139 Å². The zero-order chi connectivity index (χ0) is 15.5. The molecule has 0 bridgehead atoms. The van der Waals surface area contributed by atoms with Crippen molar-refractivity contribution in [2.24, 2.45) is 0 Å². The monoisotopic (exact) mass is 328 g/mol. The van der Waals surface area contributed by atoms with Gasteiger partial charge < -0.3 is 4.74 Å². The fraction of sp³-hybridized carbons (Fsp3) is 0.0526. The molecule has 1 nitrogen and oxygen atoms in total. The van der Waals surface area contributed by atoms with Gasteiger partial charge in [-0.15, -0.1) is 0 Å². The van der Waals surface area contributed by atoms with Crippen LogP contribution in [0.5, 0.6) is 5.75 Å². The third-order valence-corrected chi connectivity index (χ3v) is 4.37. The Morgan fingerprint density at radius 2 is 1.59 bits per heavy atom. The summed E-state index contributed by atoms with van der Waals surface area (Å²) in [6, 6.07) is 17.8. The number of hydrogen-bond acceptors (Lipinski definition) is 1. The Morgan fingerprint density at radius 1 is 0.818 bits per heavy atom. The summed E-state index contributed by atoms with van der Waals surface area (Å²) in [5.74, 6) is 0.851. The van der Waals surface area contributed by atoms with E-state index in [4.69, 9.17) is 27.9 Å². The molecular weight excluding hydrogens is 315 g/mol. The Balaban J connectivity index is 1.99. The van der Waals surface area contributed by atoms with Crippen LogP contribution in [0.3, 0.4) is 0 Å². The van der Waals surface area contributed by atoms with E-state index in [2.05, 4.69) is 18.2 Å². The second-order valence-corrected chi connectivity index (χ2v) is 5.70. The lowest BCUT2D eigenvalue weighted by atomic mass is 10.0. The molecule has 0 radical (unpaired) electrons. The summed E-state index contributed by atoms with van der Waals surface area (Å²) < 4.78 is 5.16. The fourth-order valence-electron chi connectivity index (χ4n) is 2.37. The molecule has 22 heavy (non-hydrogen) atoms. The van der Waals surface area contributed by atoms with Crippen molar-refractivity contribution < 1.29 is 4.74 Å². The van der Waals surface area contributed by atoms with Gasteiger partial charge in [-0.3, -0.25) is 0 Å². The minimum absolute atomic E-state index is 0.574. The van der Waals surface area contributed by atoms with Crippen LogP contribution in [-0.4, -0.2) is 7.11 Å². The SMILES string of the molecule is COc1ccc(/C=C\c2cccc3c(Cl)c(Cl)ccc23)cc1. The minimum atomic E-state index is 0.574. The number of hydrogen-bond donors (Lipinski definition) is 0. The predicted molar refractivity (Wildman–Crippen MR) is 95.9 cm³/mol. The lowest BCUT2D eigenvalue weighted by Crippen LogP contribution is -1.82. The number of rotatable bonds is 3. The van der Waals surface area contributed by atoms with Crippen LogP contribution in [0.15, 0.2) is 54.6 Å². The van der Waals surface area contributed by atoms with Crippen LogP contribution in [0.2, 0.25) is 10.0 Å². The molecule has 0 saturated heterocycles. The molecule has 3 aromatic rings. The first-order valence-electron chi connectivity index (χ1n) is 6.88. The van der Waals surface area contributed by atoms with E-state index >= 15 is 0 Å². The smallest absolute Gasteiger partial charge is 0.118 e. The zero-order valence-corrected chi connectivity index (χ0v) is 13.5. The third kappa shape index (κ3) is 2.96. The van der Waals surface area contributed by atoms with Gasteiger partial charge in [0, 0.05) is 5.39 Å². The number of methoxy groups -OCH3 is 1. The summed E-state index contributed by atoms with van der Waals surface area (Å²) in [6.07, 6.45) is 4.14. The molecule has 3 aromatic carbocycles. The second kappa shape index (κ2) is 6.43. The van der Waals surface area contributed by atoms with E-state index < -0.39 is 0 Å². The van der Waals surface area contributed by atoms with Gasteiger partial charge >= 0.3 is 0 Å². The lowest BCUT2D eigenvalue weighted by molar-refractivity contribution is 0.415. The van der Waals surface area contributed by atoms with Crippen LogP contribution in [0.25, 0.3) is 22.9 Å². The van der Waals surface area contributed by atoms with Crippen LogP contribution < -0.4 is 4.74 Å². The Hall–Kier alpha value is -1.96. The maximum atomic E-state index is 6.28. The molecule has 0 N–H and O–H groups in total. The standard InChI is InChI=1S/C19H14Cl2O/c1-22-15-9-6-13(7-10-15)5-8-14-3-2-4-17-16(14)11-12-18(20)19(17)21/h2-12H,1H3/b8-5-. The van der Waals surface area contributed by atoms with Crippen molar-refractivity contribution in [2.45, 2.75) is 0 Å². The Bertz CT molecular complexity index is 836. The van der Waals surface area contributed by atoms with Gasteiger partial charge in [0.1, 0.15) is 5.75 Å². The largest absolute Gasteiger partial charge is 0.497 e. The van der Waals surface area contributed by atoms with Crippen molar-refractivity contribution in [1.82, 2.24) is 0 Å². The summed E-state index contributed by atoms with van der Waals surface area (Å²) in [6.45, 7) is 0. The molecule has 0 aliphatic heterocycles. The van der Waals surface area contributed by atoms with Crippen LogP contribution in [-0.2, 0) is 0 Å². The van der Waals surface area contributed by atoms with Crippen LogP contribution in [0, 0.1) is 0 Å². The van der Waals surface area contributed by atoms with Crippen molar-refractivity contribution in [3.05, 3.63) is 75.8 Å². The van der Waals surface area contributed by atoms with Crippen molar-refractivity contribution in [3.8, 4) is 5.75 Å². The molecule has 0 fully saturated rings. The Morgan fingerprint density at radius 3 is 2.32 bits per heavy atom. The highest BCUT2D eigenvalue weighted by molar-refractivity contribution is 6.45. The van der Waals surface area contributed by atoms with Gasteiger partial charge in [0.2, 0.25) is 0 Å². The molecule has 3 rings (SSSR count). The van der Waals surface area contributed by atoms with E-state index in [9.17, 15) is 0 Å². The van der Waals surface area contributed by atoms with Crippen LogP contribution in [0.1, 0.15) is 11.1 Å². The molecule has 0 aliphatic rings. The highest BCUT2D eigenvalue weighted by atomic mass is 35.5. The van der Waals surface area contributed by atoms with Gasteiger partial charge in [0.05, 0.1) is 17.2 Å². The van der Waals surface area contributed by atoms with Gasteiger partial charge in [0.25, 0.3) is 0 Å². The average molecular weight is 329 g/mol. The van der Waals surface area contributed by atoms with E-state index in [0.717, 1.165) is 27.6 Å². The topological polar surface area (TPSA) is 9.23 Å².